The van der Waals surface area contributed by atoms with Gasteiger partial charge in [-0.25, -0.2) is 0 Å². The highest BCUT2D eigenvalue weighted by Gasteiger charge is 2.30. The van der Waals surface area contributed by atoms with Crippen LogP contribution in [0.1, 0.15) is 36.5 Å². The summed E-state index contributed by atoms with van der Waals surface area (Å²) in [6, 6.07) is 7.20. The molecule has 6 heteroatoms. The third-order valence-corrected chi connectivity index (χ3v) is 5.86. The second-order valence-electron chi connectivity index (χ2n) is 6.57. The molecule has 3 rings (SSSR count). The highest BCUT2D eigenvalue weighted by molar-refractivity contribution is 7.99. The number of carbonyl (C=O) groups is 2. The average Bonchev–Trinajstić information content (AvgIpc) is 3.31. The molecule has 136 valence electrons. The van der Waals surface area contributed by atoms with Gasteiger partial charge in [0.05, 0.1) is 6.10 Å². The normalized spacial score (nSPS) is 22.8. The van der Waals surface area contributed by atoms with E-state index in [1.807, 2.05) is 16.7 Å². The number of Topliss-reactive ketones (excluding diaryl/α,β-unsaturated/α-hetero) is 1. The van der Waals surface area contributed by atoms with E-state index in [9.17, 15) is 9.59 Å². The number of hydrogen-bond acceptors (Lipinski definition) is 5. The minimum Gasteiger partial charge on any atom is -0.484 e. The summed E-state index contributed by atoms with van der Waals surface area (Å²) in [7, 11) is 0. The molecule has 0 spiro atoms. The Bertz CT molecular complexity index is 592. The summed E-state index contributed by atoms with van der Waals surface area (Å²) in [5.41, 5.74) is 0.640. The third kappa shape index (κ3) is 4.98. The molecular formula is C19H25NO4S. The van der Waals surface area contributed by atoms with Crippen molar-refractivity contribution in [3.63, 3.8) is 0 Å². The van der Waals surface area contributed by atoms with Crippen molar-refractivity contribution in [1.82, 2.24) is 4.90 Å². The SMILES string of the molecule is CC(=O)c1ccc(OCC(=O)N(CC2CCCO2)C2CCSC2)cc1. The van der Waals surface area contributed by atoms with Crippen molar-refractivity contribution in [2.75, 3.05) is 31.3 Å². The number of nitrogens with zero attached hydrogens (tertiary/aromatic N) is 1. The lowest BCUT2D eigenvalue weighted by molar-refractivity contribution is -0.137. The van der Waals surface area contributed by atoms with Gasteiger partial charge in [-0.05, 0) is 56.2 Å². The molecule has 25 heavy (non-hydrogen) atoms. The molecule has 0 aliphatic carbocycles. The number of rotatable bonds is 7. The Morgan fingerprint density at radius 3 is 2.68 bits per heavy atom. The standard InChI is InChI=1S/C19H25NO4S/c1-14(21)15-4-6-17(7-5-15)24-12-19(22)20(16-8-10-25-13-16)11-18-3-2-9-23-18/h4-7,16,18H,2-3,8-13H2,1H3. The van der Waals surface area contributed by atoms with E-state index in [1.165, 1.54) is 6.92 Å². The van der Waals surface area contributed by atoms with Crippen molar-refractivity contribution in [1.29, 1.82) is 0 Å². The highest BCUT2D eigenvalue weighted by Crippen LogP contribution is 2.25. The van der Waals surface area contributed by atoms with E-state index in [1.54, 1.807) is 24.3 Å². The number of hydrogen-bond donors (Lipinski definition) is 0. The first kappa shape index (κ1) is 18.3. The second-order valence-corrected chi connectivity index (χ2v) is 7.72. The first-order chi connectivity index (χ1) is 12.1. The van der Waals surface area contributed by atoms with Gasteiger partial charge in [0.1, 0.15) is 5.75 Å². The van der Waals surface area contributed by atoms with E-state index < -0.39 is 0 Å². The second kappa shape index (κ2) is 8.72. The Hall–Kier alpha value is -1.53. The van der Waals surface area contributed by atoms with Crippen LogP contribution >= 0.6 is 11.8 Å². The molecule has 0 bridgehead atoms. The molecule has 0 radical (unpaired) electrons. The lowest BCUT2D eigenvalue weighted by atomic mass is 10.1. The Balaban J connectivity index is 1.58. The lowest BCUT2D eigenvalue weighted by Gasteiger charge is -2.30. The molecule has 2 atom stereocenters. The van der Waals surface area contributed by atoms with Crippen LogP contribution in [0.15, 0.2) is 24.3 Å². The summed E-state index contributed by atoms with van der Waals surface area (Å²) in [6.45, 7) is 3.01. The molecule has 0 aromatic heterocycles. The highest BCUT2D eigenvalue weighted by atomic mass is 32.2. The number of ketones is 1. The topological polar surface area (TPSA) is 55.8 Å². The van der Waals surface area contributed by atoms with Crippen LogP contribution in [0.2, 0.25) is 0 Å². The first-order valence-electron chi connectivity index (χ1n) is 8.86. The van der Waals surface area contributed by atoms with Gasteiger partial charge >= 0.3 is 0 Å². The predicted molar refractivity (Wildman–Crippen MR) is 98.4 cm³/mol. The van der Waals surface area contributed by atoms with E-state index in [2.05, 4.69) is 0 Å². The Morgan fingerprint density at radius 2 is 2.08 bits per heavy atom. The smallest absolute Gasteiger partial charge is 0.260 e. The largest absolute Gasteiger partial charge is 0.484 e. The molecule has 5 nitrogen and oxygen atoms in total. The number of benzene rings is 1. The van der Waals surface area contributed by atoms with E-state index in [-0.39, 0.29) is 30.4 Å². The molecule has 2 heterocycles. The Morgan fingerprint density at radius 1 is 1.28 bits per heavy atom. The Labute approximate surface area is 153 Å². The van der Waals surface area contributed by atoms with E-state index in [4.69, 9.17) is 9.47 Å². The van der Waals surface area contributed by atoms with Crippen molar-refractivity contribution in [3.8, 4) is 5.75 Å². The van der Waals surface area contributed by atoms with Crippen molar-refractivity contribution < 1.29 is 19.1 Å². The zero-order valence-corrected chi connectivity index (χ0v) is 15.4. The van der Waals surface area contributed by atoms with Gasteiger partial charge in [-0.2, -0.15) is 11.8 Å². The van der Waals surface area contributed by atoms with Crippen LogP contribution in [-0.4, -0.2) is 60.0 Å². The molecule has 2 saturated heterocycles. The summed E-state index contributed by atoms with van der Waals surface area (Å²) >= 11 is 1.90. The van der Waals surface area contributed by atoms with Crippen molar-refractivity contribution in [2.45, 2.75) is 38.3 Å². The zero-order chi connectivity index (χ0) is 17.6. The maximum atomic E-state index is 12.7. The minimum absolute atomic E-state index is 0.0126. The molecular weight excluding hydrogens is 338 g/mol. The molecule has 0 N–H and O–H groups in total. The molecule has 1 aromatic carbocycles. The summed E-state index contributed by atoms with van der Waals surface area (Å²) < 4.78 is 11.4. The summed E-state index contributed by atoms with van der Waals surface area (Å²) in [5, 5.41) is 0. The van der Waals surface area contributed by atoms with Crippen LogP contribution in [0.3, 0.4) is 0 Å². The van der Waals surface area contributed by atoms with Gasteiger partial charge in [0.25, 0.3) is 5.91 Å². The molecule has 1 aromatic rings. The maximum absolute atomic E-state index is 12.7. The average molecular weight is 363 g/mol. The van der Waals surface area contributed by atoms with Gasteiger partial charge < -0.3 is 14.4 Å². The number of thioether (sulfide) groups is 1. The van der Waals surface area contributed by atoms with Crippen molar-refractivity contribution >= 4 is 23.5 Å². The van der Waals surface area contributed by atoms with Gasteiger partial charge in [-0.1, -0.05) is 0 Å². The van der Waals surface area contributed by atoms with Crippen LogP contribution in [0.25, 0.3) is 0 Å². The molecule has 2 fully saturated rings. The van der Waals surface area contributed by atoms with Crippen molar-refractivity contribution in [3.05, 3.63) is 29.8 Å². The third-order valence-electron chi connectivity index (χ3n) is 4.71. The molecule has 2 aliphatic heterocycles. The van der Waals surface area contributed by atoms with Crippen LogP contribution < -0.4 is 4.74 Å². The number of amides is 1. The maximum Gasteiger partial charge on any atom is 0.260 e. The van der Waals surface area contributed by atoms with E-state index in [0.29, 0.717) is 17.9 Å². The van der Waals surface area contributed by atoms with Gasteiger partial charge in [0.15, 0.2) is 12.4 Å². The zero-order valence-electron chi connectivity index (χ0n) is 14.6. The first-order valence-corrected chi connectivity index (χ1v) is 10.0. The van der Waals surface area contributed by atoms with Gasteiger partial charge in [-0.3, -0.25) is 9.59 Å². The molecule has 0 saturated carbocycles. The van der Waals surface area contributed by atoms with Crippen LogP contribution in [0.5, 0.6) is 5.75 Å². The van der Waals surface area contributed by atoms with Gasteiger partial charge in [0.2, 0.25) is 0 Å². The number of carbonyl (C=O) groups excluding carboxylic acids is 2. The van der Waals surface area contributed by atoms with Gasteiger partial charge in [-0.15, -0.1) is 0 Å². The Kier molecular flexibility index (Phi) is 6.37. The minimum atomic E-state index is 0.0126. The summed E-state index contributed by atoms with van der Waals surface area (Å²) in [4.78, 5) is 26.0. The molecule has 2 aliphatic rings. The molecule has 2 unspecified atom stereocenters. The fraction of sp³-hybridized carbons (Fsp3) is 0.579. The van der Waals surface area contributed by atoms with Crippen LogP contribution in [0, 0.1) is 0 Å². The fourth-order valence-corrected chi connectivity index (χ4v) is 4.47. The van der Waals surface area contributed by atoms with Crippen molar-refractivity contribution in [2.24, 2.45) is 0 Å². The van der Waals surface area contributed by atoms with Crippen LogP contribution in [0.4, 0.5) is 0 Å². The summed E-state index contributed by atoms with van der Waals surface area (Å²) in [5.74, 6) is 2.73. The summed E-state index contributed by atoms with van der Waals surface area (Å²) in [6.07, 6.45) is 3.29. The number of ether oxygens (including phenoxy) is 2. The van der Waals surface area contributed by atoms with Gasteiger partial charge in [0, 0.05) is 30.5 Å². The van der Waals surface area contributed by atoms with E-state index in [0.717, 1.165) is 37.4 Å². The fourth-order valence-electron chi connectivity index (χ4n) is 3.24. The predicted octanol–water partition coefficient (Wildman–Crippen LogP) is 2.78. The lowest BCUT2D eigenvalue weighted by Crippen LogP contribution is -2.46. The van der Waals surface area contributed by atoms with E-state index >= 15 is 0 Å². The molecule has 1 amide bonds. The van der Waals surface area contributed by atoms with Crippen LogP contribution in [-0.2, 0) is 9.53 Å². The monoisotopic (exact) mass is 363 g/mol. The quantitative estimate of drug-likeness (QED) is 0.697.